The molecule has 0 amide bonds. The molecule has 0 aliphatic carbocycles. The van der Waals surface area contributed by atoms with Gasteiger partial charge in [0, 0.05) is 25.7 Å². The molecule has 3 unspecified atom stereocenters. The van der Waals surface area contributed by atoms with Crippen molar-refractivity contribution in [3.05, 3.63) is 29.8 Å². The van der Waals surface area contributed by atoms with Gasteiger partial charge in [0.1, 0.15) is 5.75 Å². The van der Waals surface area contributed by atoms with Gasteiger partial charge in [0.2, 0.25) is 0 Å². The van der Waals surface area contributed by atoms with Crippen LogP contribution in [0.1, 0.15) is 38.3 Å². The molecule has 1 aromatic carbocycles. The molecule has 22 heavy (non-hydrogen) atoms. The largest absolute Gasteiger partial charge is 0.497 e. The molecule has 2 heterocycles. The molecule has 1 aromatic rings. The van der Waals surface area contributed by atoms with Crippen molar-refractivity contribution in [2.45, 2.75) is 32.7 Å². The summed E-state index contributed by atoms with van der Waals surface area (Å²) >= 11 is 0. The Morgan fingerprint density at radius 3 is 2.91 bits per heavy atom. The molecule has 3 nitrogen and oxygen atoms in total. The molecule has 3 rings (SSSR count). The summed E-state index contributed by atoms with van der Waals surface area (Å²) in [4.78, 5) is 2.70. The first-order valence-electron chi connectivity index (χ1n) is 8.18. The van der Waals surface area contributed by atoms with Crippen LogP contribution in [0.5, 0.6) is 5.75 Å². The van der Waals surface area contributed by atoms with Crippen LogP contribution in [0.4, 0.5) is 0 Å². The average molecular weight is 325 g/mol. The lowest BCUT2D eigenvalue weighted by Gasteiger charge is -2.33. The van der Waals surface area contributed by atoms with Gasteiger partial charge in [-0.15, -0.1) is 12.4 Å². The molecule has 124 valence electrons. The summed E-state index contributed by atoms with van der Waals surface area (Å²) in [6.45, 7) is 9.55. The van der Waals surface area contributed by atoms with Crippen LogP contribution in [0.25, 0.3) is 0 Å². The summed E-state index contributed by atoms with van der Waals surface area (Å²) in [6, 6.07) is 9.17. The first kappa shape index (κ1) is 17.6. The molecular formula is C18H29ClN2O. The fourth-order valence-electron chi connectivity index (χ4n) is 4.00. The smallest absolute Gasteiger partial charge is 0.119 e. The van der Waals surface area contributed by atoms with E-state index in [0.29, 0.717) is 11.5 Å². The van der Waals surface area contributed by atoms with Gasteiger partial charge in [-0.1, -0.05) is 26.0 Å². The molecule has 4 heteroatoms. The Morgan fingerprint density at radius 1 is 1.41 bits per heavy atom. The number of nitrogens with zero attached hydrogens (tertiary/aromatic N) is 1. The van der Waals surface area contributed by atoms with E-state index in [1.165, 1.54) is 38.0 Å². The number of rotatable bonds is 4. The zero-order valence-electron chi connectivity index (χ0n) is 14.0. The van der Waals surface area contributed by atoms with E-state index < -0.39 is 0 Å². The van der Waals surface area contributed by atoms with Gasteiger partial charge < -0.3 is 10.1 Å². The third-order valence-corrected chi connectivity index (χ3v) is 5.13. The van der Waals surface area contributed by atoms with Gasteiger partial charge in [0.05, 0.1) is 7.11 Å². The molecule has 0 saturated carbocycles. The standard InChI is InChI=1S/C18H28N2O.ClH/c1-14-9-17(15-5-4-6-16(10-15)21-3)20(11-14)13-18(2)7-8-19-12-18;/h4-6,10,14,17,19H,7-9,11-13H2,1-3H3;1H. The van der Waals surface area contributed by atoms with Crippen molar-refractivity contribution in [2.24, 2.45) is 11.3 Å². The van der Waals surface area contributed by atoms with E-state index in [0.717, 1.165) is 18.2 Å². The van der Waals surface area contributed by atoms with Gasteiger partial charge >= 0.3 is 0 Å². The summed E-state index contributed by atoms with van der Waals surface area (Å²) in [5, 5.41) is 3.52. The third-order valence-electron chi connectivity index (χ3n) is 5.13. The van der Waals surface area contributed by atoms with Crippen LogP contribution in [-0.4, -0.2) is 38.2 Å². The van der Waals surface area contributed by atoms with Crippen molar-refractivity contribution < 1.29 is 4.74 Å². The number of halogens is 1. The van der Waals surface area contributed by atoms with Crippen LogP contribution >= 0.6 is 12.4 Å². The number of nitrogens with one attached hydrogen (secondary N) is 1. The average Bonchev–Trinajstić information content (AvgIpc) is 3.05. The minimum absolute atomic E-state index is 0. The van der Waals surface area contributed by atoms with Gasteiger partial charge in [-0.05, 0) is 48.4 Å². The van der Waals surface area contributed by atoms with E-state index in [-0.39, 0.29) is 12.4 Å². The number of likely N-dealkylation sites (tertiary alicyclic amines) is 1. The monoisotopic (exact) mass is 324 g/mol. The molecular weight excluding hydrogens is 296 g/mol. The zero-order chi connectivity index (χ0) is 14.9. The van der Waals surface area contributed by atoms with E-state index in [9.17, 15) is 0 Å². The number of ether oxygens (including phenoxy) is 1. The van der Waals surface area contributed by atoms with Crippen LogP contribution in [0.15, 0.2) is 24.3 Å². The zero-order valence-corrected chi connectivity index (χ0v) is 14.8. The maximum absolute atomic E-state index is 5.40. The fraction of sp³-hybridized carbons (Fsp3) is 0.667. The molecule has 0 spiro atoms. The number of hydrogen-bond acceptors (Lipinski definition) is 3. The van der Waals surface area contributed by atoms with Crippen molar-refractivity contribution >= 4 is 12.4 Å². The normalized spacial score (nSPS) is 32.0. The molecule has 2 fully saturated rings. The second-order valence-corrected chi connectivity index (χ2v) is 7.30. The molecule has 1 N–H and O–H groups in total. The topological polar surface area (TPSA) is 24.5 Å². The van der Waals surface area contributed by atoms with E-state index in [2.05, 4.69) is 42.3 Å². The Bertz CT molecular complexity index is 488. The minimum Gasteiger partial charge on any atom is -0.497 e. The molecule has 0 radical (unpaired) electrons. The summed E-state index contributed by atoms with van der Waals surface area (Å²) in [6.07, 6.45) is 2.55. The van der Waals surface area contributed by atoms with Crippen LogP contribution < -0.4 is 10.1 Å². The molecule has 0 bridgehead atoms. The molecule has 0 aromatic heterocycles. The second-order valence-electron chi connectivity index (χ2n) is 7.30. The third kappa shape index (κ3) is 3.76. The quantitative estimate of drug-likeness (QED) is 0.917. The van der Waals surface area contributed by atoms with E-state index in [1.807, 2.05) is 6.07 Å². The lowest BCUT2D eigenvalue weighted by atomic mass is 9.88. The summed E-state index contributed by atoms with van der Waals surface area (Å²) in [5.74, 6) is 1.75. The molecule has 2 aliphatic rings. The molecule has 2 aliphatic heterocycles. The Kier molecular flexibility index (Phi) is 5.76. The maximum atomic E-state index is 5.40. The fourth-order valence-corrected chi connectivity index (χ4v) is 4.00. The summed E-state index contributed by atoms with van der Waals surface area (Å²) in [7, 11) is 1.75. The van der Waals surface area contributed by atoms with Gasteiger partial charge in [-0.2, -0.15) is 0 Å². The Labute approximate surface area is 140 Å². The Hall–Kier alpha value is -0.770. The summed E-state index contributed by atoms with van der Waals surface area (Å²) in [5.41, 5.74) is 1.84. The first-order valence-corrected chi connectivity index (χ1v) is 8.18. The van der Waals surface area contributed by atoms with Crippen molar-refractivity contribution in [3.8, 4) is 5.75 Å². The van der Waals surface area contributed by atoms with Crippen molar-refractivity contribution in [1.29, 1.82) is 0 Å². The Morgan fingerprint density at radius 2 is 2.23 bits per heavy atom. The number of methoxy groups -OCH3 is 1. The molecule has 2 saturated heterocycles. The SMILES string of the molecule is COc1cccc(C2CC(C)CN2CC2(C)CCNC2)c1.Cl. The highest BCUT2D eigenvalue weighted by Gasteiger charge is 2.37. The number of hydrogen-bond donors (Lipinski definition) is 1. The van der Waals surface area contributed by atoms with E-state index in [4.69, 9.17) is 4.74 Å². The van der Waals surface area contributed by atoms with Gasteiger partial charge in [0.15, 0.2) is 0 Å². The Balaban J connectivity index is 0.00000176. The van der Waals surface area contributed by atoms with Crippen molar-refractivity contribution in [1.82, 2.24) is 10.2 Å². The predicted molar refractivity (Wildman–Crippen MR) is 93.9 cm³/mol. The second kappa shape index (κ2) is 7.20. The highest BCUT2D eigenvalue weighted by molar-refractivity contribution is 5.85. The van der Waals surface area contributed by atoms with E-state index >= 15 is 0 Å². The minimum atomic E-state index is 0. The van der Waals surface area contributed by atoms with Crippen LogP contribution in [0.3, 0.4) is 0 Å². The van der Waals surface area contributed by atoms with Crippen LogP contribution in [0.2, 0.25) is 0 Å². The molecule has 3 atom stereocenters. The predicted octanol–water partition coefficient (Wildman–Crippen LogP) is 3.50. The van der Waals surface area contributed by atoms with Gasteiger partial charge in [0.25, 0.3) is 0 Å². The van der Waals surface area contributed by atoms with Crippen molar-refractivity contribution in [3.63, 3.8) is 0 Å². The van der Waals surface area contributed by atoms with E-state index in [1.54, 1.807) is 7.11 Å². The lowest BCUT2D eigenvalue weighted by molar-refractivity contribution is 0.163. The first-order chi connectivity index (χ1) is 10.1. The van der Waals surface area contributed by atoms with Gasteiger partial charge in [-0.25, -0.2) is 0 Å². The summed E-state index contributed by atoms with van der Waals surface area (Å²) < 4.78 is 5.40. The highest BCUT2D eigenvalue weighted by atomic mass is 35.5. The lowest BCUT2D eigenvalue weighted by Crippen LogP contribution is -2.37. The number of benzene rings is 1. The highest BCUT2D eigenvalue weighted by Crippen LogP contribution is 2.39. The van der Waals surface area contributed by atoms with Crippen molar-refractivity contribution in [2.75, 3.05) is 33.3 Å². The van der Waals surface area contributed by atoms with Crippen LogP contribution in [-0.2, 0) is 0 Å². The van der Waals surface area contributed by atoms with Crippen LogP contribution in [0, 0.1) is 11.3 Å². The van der Waals surface area contributed by atoms with Gasteiger partial charge in [-0.3, -0.25) is 4.90 Å². The maximum Gasteiger partial charge on any atom is 0.119 e.